The van der Waals surface area contributed by atoms with Crippen molar-refractivity contribution in [3.63, 3.8) is 0 Å². The van der Waals surface area contributed by atoms with E-state index in [1.807, 2.05) is 0 Å². The van der Waals surface area contributed by atoms with Crippen molar-refractivity contribution in [2.45, 2.75) is 44.4 Å². The number of piperidine rings is 1. The highest BCUT2D eigenvalue weighted by molar-refractivity contribution is 5.37. The molecule has 3 heterocycles. The molecule has 0 aliphatic carbocycles. The third kappa shape index (κ3) is 2.01. The predicted molar refractivity (Wildman–Crippen MR) is 70.4 cm³/mol. The van der Waals surface area contributed by atoms with Crippen LogP contribution < -0.4 is 10.5 Å². The van der Waals surface area contributed by atoms with E-state index in [0.29, 0.717) is 17.5 Å². The zero-order valence-electron chi connectivity index (χ0n) is 11.4. The van der Waals surface area contributed by atoms with Crippen LogP contribution in [0.1, 0.15) is 38.3 Å². The SMILES string of the molecule is CC(C)N1CCC2(CC1)Oc1ncc(F)cc1[C@@H]2N. The van der Waals surface area contributed by atoms with Crippen LogP contribution in [0.2, 0.25) is 0 Å². The summed E-state index contributed by atoms with van der Waals surface area (Å²) in [5, 5.41) is 0. The van der Waals surface area contributed by atoms with E-state index in [1.54, 1.807) is 0 Å². The molecule has 2 N–H and O–H groups in total. The lowest BCUT2D eigenvalue weighted by Gasteiger charge is -2.42. The number of ether oxygens (including phenoxy) is 1. The van der Waals surface area contributed by atoms with E-state index in [2.05, 4.69) is 23.7 Å². The Morgan fingerprint density at radius 2 is 2.16 bits per heavy atom. The fraction of sp³-hybridized carbons (Fsp3) is 0.643. The third-order valence-electron chi connectivity index (χ3n) is 4.42. The molecule has 1 aromatic heterocycles. The molecule has 0 amide bonds. The first-order valence-corrected chi connectivity index (χ1v) is 6.86. The van der Waals surface area contributed by atoms with E-state index in [4.69, 9.17) is 10.5 Å². The first-order valence-electron chi connectivity index (χ1n) is 6.86. The summed E-state index contributed by atoms with van der Waals surface area (Å²) in [6, 6.07) is 1.71. The summed E-state index contributed by atoms with van der Waals surface area (Å²) in [6.45, 7) is 6.31. The minimum absolute atomic E-state index is 0.278. The molecular weight excluding hydrogens is 245 g/mol. The van der Waals surface area contributed by atoms with Gasteiger partial charge in [0.1, 0.15) is 11.4 Å². The van der Waals surface area contributed by atoms with Gasteiger partial charge in [-0.1, -0.05) is 0 Å². The normalized spacial score (nSPS) is 25.6. The number of fused-ring (bicyclic) bond motifs is 1. The van der Waals surface area contributed by atoms with Crippen molar-refractivity contribution in [1.29, 1.82) is 0 Å². The Bertz CT molecular complexity index is 484. The van der Waals surface area contributed by atoms with Crippen molar-refractivity contribution < 1.29 is 9.13 Å². The first kappa shape index (κ1) is 12.8. The molecule has 104 valence electrons. The van der Waals surface area contributed by atoms with Crippen LogP contribution in [0.4, 0.5) is 4.39 Å². The molecule has 1 spiro atoms. The summed E-state index contributed by atoms with van der Waals surface area (Å²) >= 11 is 0. The Morgan fingerprint density at radius 1 is 1.47 bits per heavy atom. The largest absolute Gasteiger partial charge is 0.469 e. The molecule has 2 aliphatic heterocycles. The lowest BCUT2D eigenvalue weighted by atomic mass is 9.83. The topological polar surface area (TPSA) is 51.4 Å². The van der Waals surface area contributed by atoms with Gasteiger partial charge in [-0.3, -0.25) is 0 Å². The smallest absolute Gasteiger partial charge is 0.219 e. The molecule has 0 aromatic carbocycles. The van der Waals surface area contributed by atoms with Crippen LogP contribution in [0, 0.1) is 5.82 Å². The summed E-state index contributed by atoms with van der Waals surface area (Å²) in [7, 11) is 0. The maximum Gasteiger partial charge on any atom is 0.219 e. The van der Waals surface area contributed by atoms with Crippen molar-refractivity contribution >= 4 is 0 Å². The second-order valence-electron chi connectivity index (χ2n) is 5.82. The van der Waals surface area contributed by atoms with Gasteiger partial charge in [0.15, 0.2) is 0 Å². The molecular formula is C14H20FN3O. The van der Waals surface area contributed by atoms with E-state index >= 15 is 0 Å². The van der Waals surface area contributed by atoms with Crippen molar-refractivity contribution in [3.05, 3.63) is 23.6 Å². The summed E-state index contributed by atoms with van der Waals surface area (Å²) in [5.41, 5.74) is 6.61. The Balaban J connectivity index is 1.82. The van der Waals surface area contributed by atoms with Gasteiger partial charge < -0.3 is 15.4 Å². The highest BCUT2D eigenvalue weighted by Gasteiger charge is 2.49. The average molecular weight is 265 g/mol. The van der Waals surface area contributed by atoms with Crippen LogP contribution in [-0.2, 0) is 0 Å². The number of hydrogen-bond donors (Lipinski definition) is 1. The maximum absolute atomic E-state index is 13.3. The van der Waals surface area contributed by atoms with Crippen molar-refractivity contribution in [3.8, 4) is 5.88 Å². The van der Waals surface area contributed by atoms with Crippen LogP contribution in [0.3, 0.4) is 0 Å². The van der Waals surface area contributed by atoms with Crippen LogP contribution >= 0.6 is 0 Å². The molecule has 1 atom stereocenters. The number of hydrogen-bond acceptors (Lipinski definition) is 4. The fourth-order valence-corrected chi connectivity index (χ4v) is 3.12. The van der Waals surface area contributed by atoms with Gasteiger partial charge in [-0.05, 0) is 19.9 Å². The molecule has 0 bridgehead atoms. The van der Waals surface area contributed by atoms with E-state index < -0.39 is 5.60 Å². The molecule has 1 saturated heterocycles. The van der Waals surface area contributed by atoms with Crippen molar-refractivity contribution in [1.82, 2.24) is 9.88 Å². The summed E-state index contributed by atoms with van der Waals surface area (Å²) in [6.07, 6.45) is 2.92. The van der Waals surface area contributed by atoms with Crippen molar-refractivity contribution in [2.75, 3.05) is 13.1 Å². The molecule has 3 rings (SSSR count). The van der Waals surface area contributed by atoms with Crippen LogP contribution in [0.25, 0.3) is 0 Å². The highest BCUT2D eigenvalue weighted by Crippen LogP contribution is 2.46. The fourth-order valence-electron chi connectivity index (χ4n) is 3.12. The number of pyridine rings is 1. The Morgan fingerprint density at radius 3 is 2.79 bits per heavy atom. The average Bonchev–Trinajstić information content (AvgIpc) is 2.64. The lowest BCUT2D eigenvalue weighted by molar-refractivity contribution is -0.00910. The van der Waals surface area contributed by atoms with Gasteiger partial charge in [0.25, 0.3) is 0 Å². The minimum atomic E-state index is -0.394. The number of nitrogens with two attached hydrogens (primary N) is 1. The predicted octanol–water partition coefficient (Wildman–Crippen LogP) is 1.86. The minimum Gasteiger partial charge on any atom is -0.469 e. The van der Waals surface area contributed by atoms with Crippen LogP contribution in [0.5, 0.6) is 5.88 Å². The number of aromatic nitrogens is 1. The van der Waals surface area contributed by atoms with Gasteiger partial charge in [0.05, 0.1) is 12.2 Å². The number of nitrogens with zero attached hydrogens (tertiary/aromatic N) is 2. The van der Waals surface area contributed by atoms with Gasteiger partial charge in [-0.15, -0.1) is 0 Å². The zero-order valence-corrected chi connectivity index (χ0v) is 11.4. The van der Waals surface area contributed by atoms with Gasteiger partial charge >= 0.3 is 0 Å². The quantitative estimate of drug-likeness (QED) is 0.842. The third-order valence-corrected chi connectivity index (χ3v) is 4.42. The van der Waals surface area contributed by atoms with E-state index in [-0.39, 0.29) is 11.9 Å². The van der Waals surface area contributed by atoms with Crippen LogP contribution in [0.15, 0.2) is 12.3 Å². The Kier molecular flexibility index (Phi) is 2.98. The second-order valence-corrected chi connectivity index (χ2v) is 5.82. The Hall–Kier alpha value is -1.20. The van der Waals surface area contributed by atoms with E-state index in [0.717, 1.165) is 25.9 Å². The summed E-state index contributed by atoms with van der Waals surface area (Å²) < 4.78 is 19.3. The summed E-state index contributed by atoms with van der Waals surface area (Å²) in [5.74, 6) is 0.154. The van der Waals surface area contributed by atoms with Gasteiger partial charge in [-0.25, -0.2) is 9.37 Å². The first-order chi connectivity index (χ1) is 9.02. The summed E-state index contributed by atoms with van der Waals surface area (Å²) in [4.78, 5) is 6.44. The Labute approximate surface area is 112 Å². The highest BCUT2D eigenvalue weighted by atomic mass is 19.1. The van der Waals surface area contributed by atoms with Gasteiger partial charge in [0, 0.05) is 37.5 Å². The second kappa shape index (κ2) is 4.42. The number of rotatable bonds is 1. The molecule has 4 nitrogen and oxygen atoms in total. The van der Waals surface area contributed by atoms with Gasteiger partial charge in [-0.2, -0.15) is 0 Å². The molecule has 5 heteroatoms. The molecule has 19 heavy (non-hydrogen) atoms. The number of halogens is 1. The van der Waals surface area contributed by atoms with Crippen LogP contribution in [-0.4, -0.2) is 34.6 Å². The van der Waals surface area contributed by atoms with E-state index in [9.17, 15) is 4.39 Å². The zero-order chi connectivity index (χ0) is 13.6. The monoisotopic (exact) mass is 265 g/mol. The molecule has 2 aliphatic rings. The molecule has 1 aromatic rings. The standard InChI is InChI=1S/C14H20FN3O/c1-9(2)18-5-3-14(4-6-18)12(16)11-7-10(15)8-17-13(11)19-14/h7-9,12H,3-6,16H2,1-2H3/t12-/m0/s1. The number of likely N-dealkylation sites (tertiary alicyclic amines) is 1. The van der Waals surface area contributed by atoms with Gasteiger partial charge in [0.2, 0.25) is 5.88 Å². The molecule has 1 fully saturated rings. The molecule has 0 unspecified atom stereocenters. The molecule has 0 radical (unpaired) electrons. The van der Waals surface area contributed by atoms with E-state index in [1.165, 1.54) is 12.3 Å². The van der Waals surface area contributed by atoms with Crippen molar-refractivity contribution in [2.24, 2.45) is 5.73 Å². The lowest BCUT2D eigenvalue weighted by Crippen LogP contribution is -2.52. The molecule has 0 saturated carbocycles. The maximum atomic E-state index is 13.3.